The van der Waals surface area contributed by atoms with Gasteiger partial charge in [-0.05, 0) is 85.3 Å². The molecule has 242 valence electrons. The van der Waals surface area contributed by atoms with E-state index in [1.54, 1.807) is 37.8 Å². The first-order valence-electron chi connectivity index (χ1n) is 15.9. The van der Waals surface area contributed by atoms with Crippen LogP contribution in [0.2, 0.25) is 0 Å². The van der Waals surface area contributed by atoms with Gasteiger partial charge in [0.2, 0.25) is 5.91 Å². The van der Waals surface area contributed by atoms with E-state index in [4.69, 9.17) is 4.74 Å². The Morgan fingerprint density at radius 2 is 1.50 bits per heavy atom. The van der Waals surface area contributed by atoms with Crippen molar-refractivity contribution in [1.82, 2.24) is 10.2 Å². The fourth-order valence-corrected chi connectivity index (χ4v) is 5.30. The summed E-state index contributed by atoms with van der Waals surface area (Å²) in [4.78, 5) is 43.5. The summed E-state index contributed by atoms with van der Waals surface area (Å²) in [6, 6.07) is 25.8. The Morgan fingerprint density at radius 1 is 0.848 bits per heavy atom. The van der Waals surface area contributed by atoms with E-state index in [-0.39, 0.29) is 18.1 Å². The second-order valence-corrected chi connectivity index (χ2v) is 12.5. The third-order valence-electron chi connectivity index (χ3n) is 7.68. The highest BCUT2D eigenvalue weighted by atomic mass is 16.6. The van der Waals surface area contributed by atoms with Gasteiger partial charge in [-0.3, -0.25) is 9.59 Å². The molecule has 46 heavy (non-hydrogen) atoms. The first kappa shape index (κ1) is 34.0. The molecule has 8 heteroatoms. The number of phenolic OH excluding ortho intramolecular Hbond substituents is 1. The minimum atomic E-state index is -1.04. The van der Waals surface area contributed by atoms with Crippen LogP contribution in [0.15, 0.2) is 91.0 Å². The number of unbranched alkanes of at least 4 members (excludes halogenated alkanes) is 1. The molecule has 4 aromatic rings. The normalized spacial score (nSPS) is 12.6. The summed E-state index contributed by atoms with van der Waals surface area (Å²) in [5.74, 6) is -0.674. The molecule has 0 saturated carbocycles. The number of aromatic hydroxyl groups is 1. The Bertz CT molecular complexity index is 1630. The number of benzene rings is 4. The summed E-state index contributed by atoms with van der Waals surface area (Å²) in [5, 5.41) is 17.7. The van der Waals surface area contributed by atoms with Crippen molar-refractivity contribution in [3.05, 3.63) is 108 Å². The molecule has 0 radical (unpaired) electrons. The maximum absolute atomic E-state index is 14.6. The summed E-state index contributed by atoms with van der Waals surface area (Å²) >= 11 is 0. The van der Waals surface area contributed by atoms with Gasteiger partial charge in [0.1, 0.15) is 23.4 Å². The Balaban J connectivity index is 1.74. The van der Waals surface area contributed by atoms with Gasteiger partial charge in [-0.15, -0.1) is 0 Å². The molecule has 0 fully saturated rings. The Labute approximate surface area is 271 Å². The molecule has 8 nitrogen and oxygen atoms in total. The highest BCUT2D eigenvalue weighted by Gasteiger charge is 2.36. The first-order valence-corrected chi connectivity index (χ1v) is 15.9. The lowest BCUT2D eigenvalue weighted by Gasteiger charge is -2.34. The van der Waals surface area contributed by atoms with Crippen molar-refractivity contribution in [1.29, 1.82) is 0 Å². The summed E-state index contributed by atoms with van der Waals surface area (Å²) < 4.78 is 5.53. The minimum absolute atomic E-state index is 0.0947. The largest absolute Gasteiger partial charge is 0.508 e. The molecule has 0 aliphatic heterocycles. The molecule has 0 heterocycles. The number of alkyl carbamates (subject to hydrolysis) is 1. The molecule has 2 atom stereocenters. The molecule has 0 aliphatic carbocycles. The van der Waals surface area contributed by atoms with E-state index in [2.05, 4.69) is 17.6 Å². The number of nitrogens with one attached hydrogen (secondary N) is 2. The predicted octanol–water partition coefficient (Wildman–Crippen LogP) is 7.55. The molecule has 0 saturated heterocycles. The number of hydrogen-bond donors (Lipinski definition) is 3. The van der Waals surface area contributed by atoms with E-state index in [0.717, 1.165) is 34.7 Å². The fourth-order valence-electron chi connectivity index (χ4n) is 5.30. The molecule has 2 unspecified atom stereocenters. The van der Waals surface area contributed by atoms with Crippen molar-refractivity contribution < 1.29 is 24.2 Å². The number of ether oxygens (including phenoxy) is 1. The molecule has 3 N–H and O–H groups in total. The van der Waals surface area contributed by atoms with Crippen LogP contribution in [-0.2, 0) is 27.2 Å². The minimum Gasteiger partial charge on any atom is -0.508 e. The van der Waals surface area contributed by atoms with Gasteiger partial charge in [0, 0.05) is 18.7 Å². The van der Waals surface area contributed by atoms with Crippen molar-refractivity contribution >= 4 is 34.4 Å². The average molecular weight is 624 g/mol. The topological polar surface area (TPSA) is 108 Å². The van der Waals surface area contributed by atoms with Gasteiger partial charge in [-0.25, -0.2) is 4.79 Å². The van der Waals surface area contributed by atoms with E-state index < -0.39 is 29.7 Å². The zero-order chi connectivity index (χ0) is 33.3. The molecule has 4 aromatic carbocycles. The van der Waals surface area contributed by atoms with Crippen molar-refractivity contribution in [3.63, 3.8) is 0 Å². The van der Waals surface area contributed by atoms with Crippen LogP contribution in [0.4, 0.5) is 10.5 Å². The number of fused-ring (bicyclic) bond motifs is 1. The lowest BCUT2D eigenvalue weighted by molar-refractivity contribution is -0.140. The Morgan fingerprint density at radius 3 is 2.13 bits per heavy atom. The molecule has 0 spiro atoms. The quantitative estimate of drug-likeness (QED) is 0.151. The van der Waals surface area contributed by atoms with Crippen LogP contribution in [-0.4, -0.2) is 46.1 Å². The SMILES string of the molecule is CCCCN(C(=O)C(Cc1ccc(O)cc1)NC(=O)OC(C)(C)C)C(C(=O)Nc1ccc2ccccc2c1)c1ccc(CC)cc1. The highest BCUT2D eigenvalue weighted by Crippen LogP contribution is 2.27. The zero-order valence-corrected chi connectivity index (χ0v) is 27.4. The average Bonchev–Trinajstić information content (AvgIpc) is 3.02. The number of rotatable bonds is 12. The molecule has 0 bridgehead atoms. The van der Waals surface area contributed by atoms with Gasteiger partial charge < -0.3 is 25.4 Å². The maximum Gasteiger partial charge on any atom is 0.408 e. The van der Waals surface area contributed by atoms with Gasteiger partial charge in [-0.2, -0.15) is 0 Å². The monoisotopic (exact) mass is 623 g/mol. The van der Waals surface area contributed by atoms with Crippen LogP contribution < -0.4 is 10.6 Å². The van der Waals surface area contributed by atoms with Crippen molar-refractivity contribution in [2.45, 2.75) is 78.0 Å². The van der Waals surface area contributed by atoms with E-state index in [9.17, 15) is 19.5 Å². The maximum atomic E-state index is 14.6. The molecular formula is C38H45N3O5. The summed E-state index contributed by atoms with van der Waals surface area (Å²) in [6.07, 6.45) is 1.68. The molecule has 3 amide bonds. The van der Waals surface area contributed by atoms with Crippen molar-refractivity contribution in [2.24, 2.45) is 0 Å². The number of hydrogen-bond acceptors (Lipinski definition) is 5. The molecular weight excluding hydrogens is 578 g/mol. The Hall–Kier alpha value is -4.85. The van der Waals surface area contributed by atoms with Crippen LogP contribution in [0.25, 0.3) is 10.8 Å². The van der Waals surface area contributed by atoms with Crippen LogP contribution in [0, 0.1) is 0 Å². The molecule has 0 aliphatic rings. The first-order chi connectivity index (χ1) is 22.0. The molecule has 4 rings (SSSR count). The number of carbonyl (C=O) groups excluding carboxylic acids is 3. The summed E-state index contributed by atoms with van der Waals surface area (Å²) in [5.41, 5.74) is 2.35. The van der Waals surface area contributed by atoms with E-state index >= 15 is 0 Å². The Kier molecular flexibility index (Phi) is 11.4. The van der Waals surface area contributed by atoms with Crippen LogP contribution in [0.5, 0.6) is 5.75 Å². The van der Waals surface area contributed by atoms with Crippen molar-refractivity contribution in [3.8, 4) is 5.75 Å². The highest BCUT2D eigenvalue weighted by molar-refractivity contribution is 6.00. The lowest BCUT2D eigenvalue weighted by Crippen LogP contribution is -2.53. The number of aryl methyl sites for hydroxylation is 1. The summed E-state index contributed by atoms with van der Waals surface area (Å²) in [6.45, 7) is 9.64. The number of amides is 3. The van der Waals surface area contributed by atoms with E-state index in [1.807, 2.05) is 73.7 Å². The fraction of sp³-hybridized carbons (Fsp3) is 0.342. The van der Waals surface area contributed by atoms with Crippen LogP contribution >= 0.6 is 0 Å². The summed E-state index contributed by atoms with van der Waals surface area (Å²) in [7, 11) is 0. The van der Waals surface area contributed by atoms with Gasteiger partial charge in [0.05, 0.1) is 0 Å². The second-order valence-electron chi connectivity index (χ2n) is 12.5. The van der Waals surface area contributed by atoms with Gasteiger partial charge in [0.25, 0.3) is 5.91 Å². The standard InChI is InChI=1S/C38H45N3O5/c1-6-8-23-41(36(44)33(40-37(45)46-38(3,4)5)24-27-15-21-32(42)22-16-27)34(29-17-13-26(7-2)14-18-29)35(43)39-31-20-19-28-11-9-10-12-30(28)25-31/h9-22,25,33-34,42H,6-8,23-24H2,1-5H3,(H,39,43)(H,40,45). The predicted molar refractivity (Wildman–Crippen MR) is 183 cm³/mol. The second kappa shape index (κ2) is 15.4. The van der Waals surface area contributed by atoms with E-state index in [1.165, 1.54) is 12.1 Å². The smallest absolute Gasteiger partial charge is 0.408 e. The van der Waals surface area contributed by atoms with Crippen LogP contribution in [0.1, 0.15) is 70.2 Å². The van der Waals surface area contributed by atoms with E-state index in [0.29, 0.717) is 24.2 Å². The molecule has 0 aromatic heterocycles. The third kappa shape index (κ3) is 9.33. The number of anilines is 1. The number of nitrogens with zero attached hydrogens (tertiary/aromatic N) is 1. The van der Waals surface area contributed by atoms with Crippen molar-refractivity contribution in [2.75, 3.05) is 11.9 Å². The van der Waals surface area contributed by atoms with Crippen LogP contribution in [0.3, 0.4) is 0 Å². The van der Waals surface area contributed by atoms with Gasteiger partial charge in [0.15, 0.2) is 0 Å². The third-order valence-corrected chi connectivity index (χ3v) is 7.68. The van der Waals surface area contributed by atoms with Gasteiger partial charge in [-0.1, -0.05) is 87.0 Å². The zero-order valence-electron chi connectivity index (χ0n) is 27.4. The lowest BCUT2D eigenvalue weighted by atomic mass is 9.98. The number of carbonyl (C=O) groups is 3. The van der Waals surface area contributed by atoms with Gasteiger partial charge >= 0.3 is 6.09 Å². The number of phenols is 1.